The molecule has 2 heteroatoms. The summed E-state index contributed by atoms with van der Waals surface area (Å²) in [4.78, 5) is 0. The molecule has 0 aliphatic heterocycles. The van der Waals surface area contributed by atoms with Crippen molar-refractivity contribution in [1.82, 2.24) is 5.32 Å². The molecule has 1 aromatic rings. The number of nitrogens with one attached hydrogen (secondary N) is 1. The van der Waals surface area contributed by atoms with Gasteiger partial charge in [-0.2, -0.15) is 0 Å². The zero-order chi connectivity index (χ0) is 12.9. The lowest BCUT2D eigenvalue weighted by Gasteiger charge is -2.21. The van der Waals surface area contributed by atoms with Crippen molar-refractivity contribution >= 4 is 0 Å². The van der Waals surface area contributed by atoms with Gasteiger partial charge in [0.05, 0.1) is 7.11 Å². The van der Waals surface area contributed by atoms with Crippen molar-refractivity contribution in [1.29, 1.82) is 0 Å². The Morgan fingerprint density at radius 3 is 2.59 bits per heavy atom. The lowest BCUT2D eigenvalue weighted by Crippen LogP contribution is -2.23. The lowest BCUT2D eigenvalue weighted by atomic mass is 9.92. The molecule has 96 valence electrons. The van der Waals surface area contributed by atoms with Crippen molar-refractivity contribution in [2.24, 2.45) is 5.41 Å². The van der Waals surface area contributed by atoms with E-state index in [1.165, 1.54) is 12.0 Å². The largest absolute Gasteiger partial charge is 0.497 e. The van der Waals surface area contributed by atoms with Crippen LogP contribution in [0.5, 0.6) is 5.75 Å². The predicted octanol–water partition coefficient (Wildman–Crippen LogP) is 3.78. The number of rotatable bonds is 5. The smallest absolute Gasteiger partial charge is 0.119 e. The molecule has 0 amide bonds. The van der Waals surface area contributed by atoms with E-state index < -0.39 is 0 Å². The first-order chi connectivity index (χ1) is 7.92. The minimum absolute atomic E-state index is 0.368. The standard InChI is InChI=1S/C15H25NO/c1-12(16-10-9-15(2,3)4)13-7-6-8-14(11-13)17-5/h6-8,11-12,16H,9-10H2,1-5H3. The van der Waals surface area contributed by atoms with Gasteiger partial charge < -0.3 is 10.1 Å². The molecule has 0 saturated carbocycles. The second kappa shape index (κ2) is 6.06. The lowest BCUT2D eigenvalue weighted by molar-refractivity contribution is 0.357. The van der Waals surface area contributed by atoms with Crippen LogP contribution in [0.25, 0.3) is 0 Å². The number of hydrogen-bond donors (Lipinski definition) is 1. The summed E-state index contributed by atoms with van der Waals surface area (Å²) in [5.41, 5.74) is 1.67. The van der Waals surface area contributed by atoms with E-state index in [1.807, 2.05) is 12.1 Å². The van der Waals surface area contributed by atoms with Gasteiger partial charge in [0.2, 0.25) is 0 Å². The molecule has 0 aliphatic carbocycles. The Kier molecular flexibility index (Phi) is 5.01. The molecule has 0 bridgehead atoms. The molecule has 1 atom stereocenters. The quantitative estimate of drug-likeness (QED) is 0.838. The van der Waals surface area contributed by atoms with Gasteiger partial charge in [0.25, 0.3) is 0 Å². The van der Waals surface area contributed by atoms with Gasteiger partial charge in [-0.15, -0.1) is 0 Å². The molecule has 1 unspecified atom stereocenters. The Labute approximate surface area is 105 Å². The average molecular weight is 235 g/mol. The van der Waals surface area contributed by atoms with Crippen LogP contribution in [0.3, 0.4) is 0 Å². The maximum atomic E-state index is 5.24. The second-order valence-corrected chi connectivity index (χ2v) is 5.76. The third kappa shape index (κ3) is 5.22. The van der Waals surface area contributed by atoms with Crippen LogP contribution in [0, 0.1) is 5.41 Å². The van der Waals surface area contributed by atoms with Gasteiger partial charge in [0, 0.05) is 6.04 Å². The second-order valence-electron chi connectivity index (χ2n) is 5.76. The van der Waals surface area contributed by atoms with Gasteiger partial charge in [-0.1, -0.05) is 32.9 Å². The summed E-state index contributed by atoms with van der Waals surface area (Å²) in [6, 6.07) is 8.61. The molecule has 17 heavy (non-hydrogen) atoms. The Bertz CT molecular complexity index is 341. The fraction of sp³-hybridized carbons (Fsp3) is 0.600. The molecule has 0 aliphatic rings. The maximum Gasteiger partial charge on any atom is 0.119 e. The zero-order valence-corrected chi connectivity index (χ0v) is 11.7. The summed E-state index contributed by atoms with van der Waals surface area (Å²) in [5, 5.41) is 3.55. The first-order valence-electron chi connectivity index (χ1n) is 6.30. The van der Waals surface area contributed by atoms with Crippen LogP contribution in [0.4, 0.5) is 0 Å². The number of hydrogen-bond acceptors (Lipinski definition) is 2. The van der Waals surface area contributed by atoms with E-state index in [1.54, 1.807) is 7.11 Å². The van der Waals surface area contributed by atoms with Gasteiger partial charge in [-0.25, -0.2) is 0 Å². The Balaban J connectivity index is 2.49. The Morgan fingerprint density at radius 1 is 1.29 bits per heavy atom. The molecular formula is C15H25NO. The fourth-order valence-corrected chi connectivity index (χ4v) is 1.69. The van der Waals surface area contributed by atoms with Crippen molar-refractivity contribution in [3.63, 3.8) is 0 Å². The van der Waals surface area contributed by atoms with Crippen LogP contribution < -0.4 is 10.1 Å². The van der Waals surface area contributed by atoms with Crippen molar-refractivity contribution < 1.29 is 4.74 Å². The minimum atomic E-state index is 0.368. The zero-order valence-electron chi connectivity index (χ0n) is 11.7. The SMILES string of the molecule is COc1cccc(C(C)NCCC(C)(C)C)c1. The molecule has 1 N–H and O–H groups in total. The average Bonchev–Trinajstić information content (AvgIpc) is 2.27. The van der Waals surface area contributed by atoms with Crippen molar-refractivity contribution in [2.75, 3.05) is 13.7 Å². The van der Waals surface area contributed by atoms with E-state index in [-0.39, 0.29) is 0 Å². The van der Waals surface area contributed by atoms with Gasteiger partial charge >= 0.3 is 0 Å². The van der Waals surface area contributed by atoms with Crippen LogP contribution in [0.15, 0.2) is 24.3 Å². The first kappa shape index (κ1) is 14.0. The van der Waals surface area contributed by atoms with E-state index >= 15 is 0 Å². The fourth-order valence-electron chi connectivity index (χ4n) is 1.69. The molecule has 1 rings (SSSR count). The third-order valence-electron chi connectivity index (χ3n) is 2.92. The molecule has 0 spiro atoms. The van der Waals surface area contributed by atoms with Crippen molar-refractivity contribution in [2.45, 2.75) is 40.2 Å². The van der Waals surface area contributed by atoms with Gasteiger partial charge in [0.15, 0.2) is 0 Å². The highest BCUT2D eigenvalue weighted by Crippen LogP contribution is 2.20. The summed E-state index contributed by atoms with van der Waals surface area (Å²) in [7, 11) is 1.71. The van der Waals surface area contributed by atoms with E-state index in [0.29, 0.717) is 11.5 Å². The third-order valence-corrected chi connectivity index (χ3v) is 2.92. The molecule has 2 nitrogen and oxygen atoms in total. The summed E-state index contributed by atoms with van der Waals surface area (Å²) < 4.78 is 5.24. The van der Waals surface area contributed by atoms with Crippen LogP contribution in [-0.4, -0.2) is 13.7 Å². The summed E-state index contributed by atoms with van der Waals surface area (Å²) in [5.74, 6) is 0.923. The number of ether oxygens (including phenoxy) is 1. The number of methoxy groups -OCH3 is 1. The summed E-state index contributed by atoms with van der Waals surface area (Å²) in [6.07, 6.45) is 1.18. The molecule has 0 heterocycles. The van der Waals surface area contributed by atoms with Crippen LogP contribution >= 0.6 is 0 Å². The first-order valence-corrected chi connectivity index (χ1v) is 6.30. The molecule has 0 saturated heterocycles. The Morgan fingerprint density at radius 2 is 2.00 bits per heavy atom. The van der Waals surface area contributed by atoms with E-state index in [9.17, 15) is 0 Å². The Hall–Kier alpha value is -1.02. The normalized spacial score (nSPS) is 13.5. The van der Waals surface area contributed by atoms with Gasteiger partial charge in [-0.05, 0) is 43.0 Å². The molecular weight excluding hydrogens is 210 g/mol. The molecule has 0 fully saturated rings. The highest BCUT2D eigenvalue weighted by Gasteiger charge is 2.11. The molecule has 1 aromatic carbocycles. The predicted molar refractivity (Wildman–Crippen MR) is 73.5 cm³/mol. The van der Waals surface area contributed by atoms with Crippen LogP contribution in [0.2, 0.25) is 0 Å². The number of benzene rings is 1. The van der Waals surface area contributed by atoms with Crippen molar-refractivity contribution in [3.8, 4) is 5.75 Å². The molecule has 0 aromatic heterocycles. The van der Waals surface area contributed by atoms with Crippen LogP contribution in [-0.2, 0) is 0 Å². The monoisotopic (exact) mass is 235 g/mol. The van der Waals surface area contributed by atoms with Gasteiger partial charge in [0.1, 0.15) is 5.75 Å². The topological polar surface area (TPSA) is 21.3 Å². The van der Waals surface area contributed by atoms with Crippen molar-refractivity contribution in [3.05, 3.63) is 29.8 Å². The minimum Gasteiger partial charge on any atom is -0.497 e. The summed E-state index contributed by atoms with van der Waals surface area (Å²) >= 11 is 0. The highest BCUT2D eigenvalue weighted by molar-refractivity contribution is 5.30. The summed E-state index contributed by atoms with van der Waals surface area (Å²) in [6.45, 7) is 10.0. The van der Waals surface area contributed by atoms with Crippen LogP contribution in [0.1, 0.15) is 45.7 Å². The van der Waals surface area contributed by atoms with Gasteiger partial charge in [-0.3, -0.25) is 0 Å². The maximum absolute atomic E-state index is 5.24. The van der Waals surface area contributed by atoms with E-state index in [0.717, 1.165) is 12.3 Å². The highest BCUT2D eigenvalue weighted by atomic mass is 16.5. The van der Waals surface area contributed by atoms with E-state index in [2.05, 4.69) is 45.1 Å². The van der Waals surface area contributed by atoms with E-state index in [4.69, 9.17) is 4.74 Å². The molecule has 0 radical (unpaired) electrons.